The van der Waals surface area contributed by atoms with Gasteiger partial charge in [-0.25, -0.2) is 4.79 Å². The van der Waals surface area contributed by atoms with Crippen molar-refractivity contribution in [2.24, 2.45) is 0 Å². The van der Waals surface area contributed by atoms with Crippen molar-refractivity contribution < 1.29 is 59.2 Å². The maximum Gasteiger partial charge on any atom is 0.331 e. The van der Waals surface area contributed by atoms with Gasteiger partial charge in [-0.05, 0) is 23.8 Å². The third kappa shape index (κ3) is 6.46. The topological polar surface area (TPSA) is 192 Å². The molecule has 12 heteroatoms. The first-order valence-electron chi connectivity index (χ1n) is 9.53. The van der Waals surface area contributed by atoms with E-state index in [1.54, 1.807) is 0 Å². The van der Waals surface area contributed by atoms with Crippen molar-refractivity contribution >= 4 is 18.3 Å². The number of esters is 1. The molecule has 0 radical (unpaired) electrons. The van der Waals surface area contributed by atoms with Gasteiger partial charge >= 0.3 is 5.97 Å². The number of aliphatic hydroxyl groups is 5. The normalized spacial score (nSPS) is 25.9. The average Bonchev–Trinajstić information content (AvgIpc) is 3.10. The summed E-state index contributed by atoms with van der Waals surface area (Å²) >= 11 is 0. The van der Waals surface area contributed by atoms with Gasteiger partial charge in [-0.2, -0.15) is 0 Å². The molecule has 1 aromatic carbocycles. The Balaban J connectivity index is 2.02. The minimum absolute atomic E-state index is 0.0338. The molecule has 0 spiro atoms. The van der Waals surface area contributed by atoms with Crippen molar-refractivity contribution in [2.45, 2.75) is 42.9 Å². The third-order valence-electron chi connectivity index (χ3n) is 4.66. The molecular weight excluding hydrogens is 432 g/mol. The Morgan fingerprint density at radius 3 is 2.62 bits per heavy atom. The second-order valence-corrected chi connectivity index (χ2v) is 6.90. The number of hydrogen-bond donors (Lipinski definition) is 6. The highest BCUT2D eigenvalue weighted by Gasteiger charge is 2.47. The van der Waals surface area contributed by atoms with Crippen molar-refractivity contribution in [1.82, 2.24) is 0 Å². The van der Waals surface area contributed by atoms with Gasteiger partial charge in [0.1, 0.15) is 30.5 Å². The third-order valence-corrected chi connectivity index (χ3v) is 4.66. The number of aromatic hydroxyl groups is 1. The number of ether oxygens (including phenoxy) is 4. The van der Waals surface area contributed by atoms with Gasteiger partial charge in [0.15, 0.2) is 30.2 Å². The van der Waals surface area contributed by atoms with Crippen LogP contribution in [0.25, 0.3) is 6.08 Å². The van der Waals surface area contributed by atoms with E-state index >= 15 is 0 Å². The van der Waals surface area contributed by atoms with Crippen LogP contribution in [0.15, 0.2) is 24.3 Å². The molecule has 178 valence electrons. The molecule has 0 aromatic heterocycles. The summed E-state index contributed by atoms with van der Waals surface area (Å²) < 4.78 is 20.6. The number of carbonyl (C=O) groups is 2. The first-order valence-corrected chi connectivity index (χ1v) is 9.53. The fourth-order valence-corrected chi connectivity index (χ4v) is 2.85. The van der Waals surface area contributed by atoms with Crippen LogP contribution >= 0.6 is 0 Å². The van der Waals surface area contributed by atoms with Crippen LogP contribution in [0.1, 0.15) is 5.56 Å². The summed E-state index contributed by atoms with van der Waals surface area (Å²) in [7, 11) is 1.37. The molecule has 32 heavy (non-hydrogen) atoms. The van der Waals surface area contributed by atoms with Gasteiger partial charge in [0, 0.05) is 6.08 Å². The smallest absolute Gasteiger partial charge is 0.331 e. The molecule has 0 bridgehead atoms. The largest absolute Gasteiger partial charge is 0.504 e. The molecule has 7 atom stereocenters. The molecular formula is C20H26O12. The van der Waals surface area contributed by atoms with Crippen molar-refractivity contribution in [2.75, 3.05) is 20.3 Å². The number of aldehydes is 1. The van der Waals surface area contributed by atoms with E-state index in [0.29, 0.717) is 5.56 Å². The van der Waals surface area contributed by atoms with E-state index in [1.165, 1.54) is 31.4 Å². The van der Waals surface area contributed by atoms with Crippen LogP contribution in [0.2, 0.25) is 0 Å². The highest BCUT2D eigenvalue weighted by atomic mass is 16.7. The highest BCUT2D eigenvalue weighted by Crippen LogP contribution is 2.27. The Morgan fingerprint density at radius 1 is 1.28 bits per heavy atom. The minimum Gasteiger partial charge on any atom is -0.504 e. The molecule has 1 aliphatic heterocycles. The molecule has 1 saturated heterocycles. The Bertz CT molecular complexity index is 797. The second-order valence-electron chi connectivity index (χ2n) is 6.90. The van der Waals surface area contributed by atoms with Gasteiger partial charge in [0.2, 0.25) is 0 Å². The van der Waals surface area contributed by atoms with Gasteiger partial charge in [-0.1, -0.05) is 6.07 Å². The van der Waals surface area contributed by atoms with Gasteiger partial charge in [0.25, 0.3) is 0 Å². The van der Waals surface area contributed by atoms with E-state index in [4.69, 9.17) is 18.9 Å². The number of methoxy groups -OCH3 is 1. The zero-order valence-electron chi connectivity index (χ0n) is 17.1. The van der Waals surface area contributed by atoms with Crippen LogP contribution in [-0.4, -0.2) is 106 Å². The Kier molecular flexibility index (Phi) is 9.53. The molecule has 1 fully saturated rings. The van der Waals surface area contributed by atoms with Gasteiger partial charge in [0.05, 0.1) is 20.3 Å². The average molecular weight is 458 g/mol. The van der Waals surface area contributed by atoms with Crippen LogP contribution in [-0.2, 0) is 23.8 Å². The van der Waals surface area contributed by atoms with Crippen LogP contribution < -0.4 is 4.74 Å². The van der Waals surface area contributed by atoms with Gasteiger partial charge in [-0.15, -0.1) is 0 Å². The van der Waals surface area contributed by atoms with E-state index in [2.05, 4.69) is 0 Å². The number of benzene rings is 1. The van der Waals surface area contributed by atoms with Crippen molar-refractivity contribution in [3.63, 3.8) is 0 Å². The summed E-state index contributed by atoms with van der Waals surface area (Å²) in [5.74, 6) is -0.782. The summed E-state index contributed by atoms with van der Waals surface area (Å²) in [5, 5.41) is 57.8. The molecule has 0 unspecified atom stereocenters. The number of rotatable bonds is 11. The van der Waals surface area contributed by atoms with Gasteiger partial charge < -0.3 is 54.4 Å². The van der Waals surface area contributed by atoms with Crippen molar-refractivity contribution in [1.29, 1.82) is 0 Å². The first kappa shape index (κ1) is 25.7. The summed E-state index contributed by atoms with van der Waals surface area (Å²) in [4.78, 5) is 22.7. The summed E-state index contributed by atoms with van der Waals surface area (Å²) in [6, 6.07) is 4.36. The molecule has 1 aliphatic rings. The van der Waals surface area contributed by atoms with Crippen LogP contribution in [0.3, 0.4) is 0 Å². The SMILES string of the molecule is COc1cc(C=CC(=O)O[C@H]2[C@H](OC[C@H](O)[C@H](O)[C@@H](O)C=O)O[C@@H](CO)[C@@H]2O)ccc1O. The van der Waals surface area contributed by atoms with Crippen LogP contribution in [0.5, 0.6) is 11.5 Å². The lowest BCUT2D eigenvalue weighted by Gasteiger charge is -2.24. The fourth-order valence-electron chi connectivity index (χ4n) is 2.85. The van der Waals surface area contributed by atoms with E-state index in [-0.39, 0.29) is 17.8 Å². The zero-order chi connectivity index (χ0) is 23.8. The molecule has 1 heterocycles. The molecule has 12 nitrogen and oxygen atoms in total. The number of hydrogen-bond acceptors (Lipinski definition) is 12. The van der Waals surface area contributed by atoms with E-state index in [0.717, 1.165) is 6.08 Å². The second kappa shape index (κ2) is 11.9. The summed E-state index contributed by atoms with van der Waals surface area (Å²) in [5.41, 5.74) is 0.506. The zero-order valence-corrected chi connectivity index (χ0v) is 17.1. The predicted molar refractivity (Wildman–Crippen MR) is 105 cm³/mol. The number of phenolic OH excluding ortho intramolecular Hbond substituents is 1. The molecule has 2 rings (SSSR count). The lowest BCUT2D eigenvalue weighted by atomic mass is 10.1. The van der Waals surface area contributed by atoms with Crippen LogP contribution in [0, 0.1) is 0 Å². The van der Waals surface area contributed by atoms with E-state index in [9.17, 15) is 40.2 Å². The van der Waals surface area contributed by atoms with Gasteiger partial charge in [-0.3, -0.25) is 0 Å². The Morgan fingerprint density at radius 2 is 2.00 bits per heavy atom. The standard InChI is InChI=1S/C20H26O12/c1-29-14-6-10(2-4-11(14)23)3-5-16(26)32-19-18(28)15(8-22)31-20(19)30-9-13(25)17(27)12(24)7-21/h2-7,12-13,15,17-20,22-25,27-28H,8-9H2,1H3/t12-,13-,15-,17+,18-,19+,20+/m0/s1. The minimum atomic E-state index is -1.84. The molecule has 0 saturated carbocycles. The molecule has 1 aromatic rings. The maximum atomic E-state index is 12.2. The number of phenols is 1. The number of carbonyl (C=O) groups excluding carboxylic acids is 2. The van der Waals surface area contributed by atoms with Crippen LogP contribution in [0.4, 0.5) is 0 Å². The fraction of sp³-hybridized carbons (Fsp3) is 0.500. The monoisotopic (exact) mass is 458 g/mol. The lowest BCUT2D eigenvalue weighted by Crippen LogP contribution is -2.43. The Hall–Kier alpha value is -2.58. The quantitative estimate of drug-likeness (QED) is 0.118. The molecule has 6 N–H and O–H groups in total. The predicted octanol–water partition coefficient (Wildman–Crippen LogP) is -2.30. The van der Waals surface area contributed by atoms with Crippen molar-refractivity contribution in [3.05, 3.63) is 29.8 Å². The van der Waals surface area contributed by atoms with E-state index < -0.39 is 62.1 Å². The summed E-state index contributed by atoms with van der Waals surface area (Å²) in [6.45, 7) is -1.26. The Labute approximate surface area is 182 Å². The number of aliphatic hydroxyl groups excluding tert-OH is 5. The summed E-state index contributed by atoms with van der Waals surface area (Å²) in [6.07, 6.45) is -8.33. The lowest BCUT2D eigenvalue weighted by molar-refractivity contribution is -0.201. The van der Waals surface area contributed by atoms with E-state index in [1.807, 2.05) is 0 Å². The molecule has 0 amide bonds. The maximum absolute atomic E-state index is 12.2. The highest BCUT2D eigenvalue weighted by molar-refractivity contribution is 5.87. The first-order chi connectivity index (χ1) is 15.2. The van der Waals surface area contributed by atoms with Crippen molar-refractivity contribution in [3.8, 4) is 11.5 Å². The molecule has 0 aliphatic carbocycles.